The molecule has 2 aromatic heterocycles. The molecule has 0 unspecified atom stereocenters. The molecule has 6 rings (SSSR count). The molecule has 5 aromatic rings. The number of benzene rings is 3. The van der Waals surface area contributed by atoms with Gasteiger partial charge in [-0.05, 0) is 36.8 Å². The number of halogens is 3. The standard InChI is InChI=1S/C33H28Cl3N5O8/c1-40(23-8-5-4-7-21(23)39-28(42)9-6-10-46-31(37)33(34,35)36)32(44)49-27-12-18-17(11-24(27)45-3)20-15-38-22-14-26-25(47-16-48-26)13-19(22)29(20)41(2)30(18)43/h4-5,7-8,11-15,37H,6,9-10,16H2,1-3H3,(H,39,42). The van der Waals surface area contributed by atoms with E-state index in [1.54, 1.807) is 55.7 Å². The summed E-state index contributed by atoms with van der Waals surface area (Å²) in [6, 6.07) is 13.3. The predicted octanol–water partition coefficient (Wildman–Crippen LogP) is 6.70. The van der Waals surface area contributed by atoms with Crippen LogP contribution in [0.25, 0.3) is 32.6 Å². The summed E-state index contributed by atoms with van der Waals surface area (Å²) in [5, 5.41) is 12.5. The summed E-state index contributed by atoms with van der Waals surface area (Å²) in [5.41, 5.74) is 1.63. The fraction of sp³-hybridized carbons (Fsp3) is 0.242. The highest BCUT2D eigenvalue weighted by atomic mass is 35.6. The van der Waals surface area contributed by atoms with Crippen LogP contribution in [0.4, 0.5) is 16.2 Å². The first kappa shape index (κ1) is 33.9. The number of hydrogen-bond donors (Lipinski definition) is 2. The average molecular weight is 729 g/mol. The van der Waals surface area contributed by atoms with Gasteiger partial charge in [-0.3, -0.25) is 24.9 Å². The maximum absolute atomic E-state index is 13.8. The summed E-state index contributed by atoms with van der Waals surface area (Å²) in [6.45, 7) is 0.0878. The predicted molar refractivity (Wildman–Crippen MR) is 187 cm³/mol. The summed E-state index contributed by atoms with van der Waals surface area (Å²) in [7, 11) is 4.56. The van der Waals surface area contributed by atoms with Gasteiger partial charge >= 0.3 is 6.09 Å². The molecule has 0 aliphatic carbocycles. The first-order chi connectivity index (χ1) is 23.4. The molecule has 0 fully saturated rings. The van der Waals surface area contributed by atoms with Crippen molar-refractivity contribution in [2.45, 2.75) is 16.6 Å². The van der Waals surface area contributed by atoms with Gasteiger partial charge in [0.1, 0.15) is 0 Å². The smallest absolute Gasteiger partial charge is 0.419 e. The number of amides is 2. The lowest BCUT2D eigenvalue weighted by Crippen LogP contribution is -2.30. The monoisotopic (exact) mass is 727 g/mol. The lowest BCUT2D eigenvalue weighted by molar-refractivity contribution is -0.116. The zero-order valence-corrected chi connectivity index (χ0v) is 28.5. The van der Waals surface area contributed by atoms with E-state index in [1.807, 2.05) is 0 Å². The average Bonchev–Trinajstić information content (AvgIpc) is 3.54. The molecule has 2 N–H and O–H groups in total. The van der Waals surface area contributed by atoms with E-state index in [2.05, 4.69) is 10.3 Å². The number of ether oxygens (including phenoxy) is 5. The number of aryl methyl sites for hydroxylation is 1. The lowest BCUT2D eigenvalue weighted by Gasteiger charge is -2.21. The second-order valence-electron chi connectivity index (χ2n) is 10.9. The molecule has 13 nitrogen and oxygen atoms in total. The summed E-state index contributed by atoms with van der Waals surface area (Å²) < 4.78 is 27.0. The first-order valence-corrected chi connectivity index (χ1v) is 15.9. The van der Waals surface area contributed by atoms with Gasteiger partial charge in [-0.1, -0.05) is 46.9 Å². The Bertz CT molecular complexity index is 2220. The van der Waals surface area contributed by atoms with Crippen molar-refractivity contribution in [3.8, 4) is 23.0 Å². The third-order valence-electron chi connectivity index (χ3n) is 7.86. The Hall–Kier alpha value is -4.98. The van der Waals surface area contributed by atoms with Gasteiger partial charge in [-0.25, -0.2) is 4.79 Å². The van der Waals surface area contributed by atoms with Gasteiger partial charge in [0, 0.05) is 48.9 Å². The number of nitrogens with one attached hydrogen (secondary N) is 2. The van der Waals surface area contributed by atoms with Crippen LogP contribution in [0.15, 0.2) is 59.5 Å². The highest BCUT2D eigenvalue weighted by Gasteiger charge is 2.28. The van der Waals surface area contributed by atoms with Crippen LogP contribution in [0.1, 0.15) is 12.8 Å². The lowest BCUT2D eigenvalue weighted by atomic mass is 10.0. The van der Waals surface area contributed by atoms with E-state index in [4.69, 9.17) is 63.9 Å². The highest BCUT2D eigenvalue weighted by molar-refractivity contribution is 6.76. The number of carbonyl (C=O) groups excluding carboxylic acids is 2. The second kappa shape index (κ2) is 13.5. The number of alkyl halides is 3. The number of hydrogen-bond acceptors (Lipinski definition) is 10. The number of para-hydroxylation sites is 2. The number of pyridine rings is 2. The largest absolute Gasteiger partial charge is 0.493 e. The van der Waals surface area contributed by atoms with Crippen molar-refractivity contribution in [2.24, 2.45) is 7.05 Å². The SMILES string of the molecule is COc1cc2c(cc1OC(=O)N(C)c1ccccc1NC(=O)CCCOC(=N)C(Cl)(Cl)Cl)c(=O)n(C)c1c3cc4c(cc3ncc21)OCO4. The van der Waals surface area contributed by atoms with Crippen molar-refractivity contribution < 1.29 is 33.3 Å². The van der Waals surface area contributed by atoms with E-state index in [-0.39, 0.29) is 54.6 Å². The molecule has 254 valence electrons. The van der Waals surface area contributed by atoms with E-state index < -0.39 is 15.8 Å². The van der Waals surface area contributed by atoms with Gasteiger partial charge in [0.05, 0.1) is 41.5 Å². The molecular weight excluding hydrogens is 701 g/mol. The Morgan fingerprint density at radius 3 is 2.49 bits per heavy atom. The molecule has 1 aliphatic heterocycles. The molecule has 3 aromatic carbocycles. The Morgan fingerprint density at radius 1 is 1.04 bits per heavy atom. The van der Waals surface area contributed by atoms with Gasteiger partial charge < -0.3 is 33.6 Å². The van der Waals surface area contributed by atoms with Crippen molar-refractivity contribution in [3.05, 3.63) is 65.1 Å². The molecule has 1 aliphatic rings. The zero-order valence-electron chi connectivity index (χ0n) is 26.3. The Morgan fingerprint density at radius 2 is 1.76 bits per heavy atom. The summed E-state index contributed by atoms with van der Waals surface area (Å²) >= 11 is 16.8. The molecule has 0 atom stereocenters. The maximum Gasteiger partial charge on any atom is 0.419 e. The Balaban J connectivity index is 1.24. The normalized spacial score (nSPS) is 12.3. The van der Waals surface area contributed by atoms with Crippen LogP contribution < -0.4 is 34.7 Å². The van der Waals surface area contributed by atoms with Crippen LogP contribution in [0, 0.1) is 5.41 Å². The minimum atomic E-state index is -1.99. The van der Waals surface area contributed by atoms with Gasteiger partial charge in [0.25, 0.3) is 9.35 Å². The first-order valence-electron chi connectivity index (χ1n) is 14.7. The van der Waals surface area contributed by atoms with Gasteiger partial charge in [0.2, 0.25) is 18.6 Å². The van der Waals surface area contributed by atoms with Crippen LogP contribution in [-0.4, -0.2) is 58.8 Å². The van der Waals surface area contributed by atoms with Crippen LogP contribution in [-0.2, 0) is 16.6 Å². The number of rotatable bonds is 8. The third kappa shape index (κ3) is 6.69. The number of carbonyl (C=O) groups is 2. The topological polar surface area (TPSA) is 154 Å². The molecule has 0 saturated carbocycles. The fourth-order valence-corrected chi connectivity index (χ4v) is 5.61. The van der Waals surface area contributed by atoms with E-state index >= 15 is 0 Å². The van der Waals surface area contributed by atoms with Gasteiger partial charge in [0.15, 0.2) is 23.0 Å². The minimum Gasteiger partial charge on any atom is -0.493 e. The van der Waals surface area contributed by atoms with Crippen molar-refractivity contribution in [1.82, 2.24) is 9.55 Å². The van der Waals surface area contributed by atoms with Crippen molar-refractivity contribution in [1.29, 1.82) is 5.41 Å². The van der Waals surface area contributed by atoms with E-state index in [9.17, 15) is 14.4 Å². The summed E-state index contributed by atoms with van der Waals surface area (Å²) in [6.07, 6.45) is 1.14. The van der Waals surface area contributed by atoms with Crippen LogP contribution in [0.3, 0.4) is 0 Å². The minimum absolute atomic E-state index is 0.0141. The molecule has 49 heavy (non-hydrogen) atoms. The molecule has 3 heterocycles. The van der Waals surface area contributed by atoms with Crippen molar-refractivity contribution in [3.63, 3.8) is 0 Å². The second-order valence-corrected chi connectivity index (χ2v) is 13.2. The number of aromatic nitrogens is 2. The molecule has 0 bridgehead atoms. The van der Waals surface area contributed by atoms with E-state index in [0.29, 0.717) is 50.1 Å². The summed E-state index contributed by atoms with van der Waals surface area (Å²) in [4.78, 5) is 45.7. The number of nitrogens with zero attached hydrogens (tertiary/aromatic N) is 3. The highest BCUT2D eigenvalue weighted by Crippen LogP contribution is 2.40. The molecule has 0 spiro atoms. The van der Waals surface area contributed by atoms with Crippen molar-refractivity contribution >= 4 is 96.7 Å². The van der Waals surface area contributed by atoms with Crippen molar-refractivity contribution in [2.75, 3.05) is 37.8 Å². The summed E-state index contributed by atoms with van der Waals surface area (Å²) in [5.74, 6) is 0.453. The van der Waals surface area contributed by atoms with E-state index in [0.717, 1.165) is 0 Å². The molecule has 0 radical (unpaired) electrons. The molecule has 16 heteroatoms. The zero-order chi connectivity index (χ0) is 35.0. The molecule has 2 amide bonds. The van der Waals surface area contributed by atoms with Crippen LogP contribution in [0.2, 0.25) is 0 Å². The van der Waals surface area contributed by atoms with Gasteiger partial charge in [-0.15, -0.1) is 0 Å². The maximum atomic E-state index is 13.8. The Kier molecular flexibility index (Phi) is 9.34. The Labute approximate surface area is 293 Å². The van der Waals surface area contributed by atoms with Gasteiger partial charge in [-0.2, -0.15) is 0 Å². The third-order valence-corrected chi connectivity index (χ3v) is 8.38. The van der Waals surface area contributed by atoms with Crippen LogP contribution in [0.5, 0.6) is 23.0 Å². The fourth-order valence-electron chi connectivity index (χ4n) is 5.44. The number of fused-ring (bicyclic) bond motifs is 6. The number of methoxy groups -OCH3 is 1. The molecule has 0 saturated heterocycles. The van der Waals surface area contributed by atoms with Crippen LogP contribution >= 0.6 is 34.8 Å². The quantitative estimate of drug-likeness (QED) is 0.0585. The molecular formula is C33H28Cl3N5O8. The van der Waals surface area contributed by atoms with E-state index in [1.165, 1.54) is 29.7 Å². The number of anilines is 2.